The molecule has 0 atom stereocenters. The number of nitrogens with one attached hydrogen (secondary N) is 1. The van der Waals surface area contributed by atoms with Gasteiger partial charge in [0, 0.05) is 24.8 Å². The van der Waals surface area contributed by atoms with Crippen molar-refractivity contribution >= 4 is 21.2 Å². The Bertz CT molecular complexity index is 920. The van der Waals surface area contributed by atoms with Gasteiger partial charge in [0.2, 0.25) is 10.0 Å². The van der Waals surface area contributed by atoms with Gasteiger partial charge in [0.25, 0.3) is 0 Å². The fourth-order valence-corrected chi connectivity index (χ4v) is 3.73. The van der Waals surface area contributed by atoms with Crippen molar-refractivity contribution in [2.24, 2.45) is 0 Å². The fourth-order valence-electron chi connectivity index (χ4n) is 2.63. The monoisotopic (exact) mass is 344 g/mol. The van der Waals surface area contributed by atoms with Crippen LogP contribution in [0.1, 0.15) is 19.2 Å². The lowest BCUT2D eigenvalue weighted by Gasteiger charge is -2.09. The fraction of sp³-hybridized carbons (Fsp3) is 0.294. The standard InChI is InChI=1S/C17H20N4O2S/c1-2-13-24(22,23)19-12-10-16-20-15-9-6-11-18-17(15)21(16)14-7-4-3-5-8-14/h3-9,11,19H,2,10,12-13H2,1H3. The molecule has 0 amide bonds. The molecule has 2 heterocycles. The summed E-state index contributed by atoms with van der Waals surface area (Å²) in [6.45, 7) is 2.16. The molecule has 7 heteroatoms. The Balaban J connectivity index is 1.90. The average Bonchev–Trinajstić information content (AvgIpc) is 2.93. The van der Waals surface area contributed by atoms with E-state index in [-0.39, 0.29) is 5.75 Å². The van der Waals surface area contributed by atoms with Gasteiger partial charge in [-0.2, -0.15) is 0 Å². The molecule has 0 bridgehead atoms. The minimum atomic E-state index is -3.21. The Morgan fingerprint density at radius 2 is 1.92 bits per heavy atom. The molecule has 3 aromatic rings. The quantitative estimate of drug-likeness (QED) is 0.713. The second kappa shape index (κ2) is 7.11. The first-order valence-corrected chi connectivity index (χ1v) is 9.61. The predicted molar refractivity (Wildman–Crippen MR) is 94.6 cm³/mol. The van der Waals surface area contributed by atoms with E-state index in [1.54, 1.807) is 6.20 Å². The molecule has 1 N–H and O–H groups in total. The molecule has 3 rings (SSSR count). The van der Waals surface area contributed by atoms with Crippen molar-refractivity contribution in [3.8, 4) is 5.69 Å². The van der Waals surface area contributed by atoms with Crippen LogP contribution in [0, 0.1) is 0 Å². The van der Waals surface area contributed by atoms with Gasteiger partial charge < -0.3 is 0 Å². The highest BCUT2D eigenvalue weighted by Gasteiger charge is 2.14. The molecule has 0 aliphatic carbocycles. The van der Waals surface area contributed by atoms with E-state index in [4.69, 9.17) is 0 Å². The summed E-state index contributed by atoms with van der Waals surface area (Å²) in [6.07, 6.45) is 2.83. The number of rotatable bonds is 7. The number of pyridine rings is 1. The zero-order chi connectivity index (χ0) is 17.0. The summed E-state index contributed by atoms with van der Waals surface area (Å²) in [4.78, 5) is 9.05. The highest BCUT2D eigenvalue weighted by Crippen LogP contribution is 2.19. The molecule has 0 radical (unpaired) electrons. The van der Waals surface area contributed by atoms with Gasteiger partial charge in [0.15, 0.2) is 5.65 Å². The molecule has 126 valence electrons. The van der Waals surface area contributed by atoms with Crippen molar-refractivity contribution in [1.29, 1.82) is 0 Å². The minimum Gasteiger partial charge on any atom is -0.281 e. The second-order valence-electron chi connectivity index (χ2n) is 5.51. The van der Waals surface area contributed by atoms with E-state index < -0.39 is 10.0 Å². The van der Waals surface area contributed by atoms with Gasteiger partial charge in [-0.15, -0.1) is 0 Å². The first kappa shape index (κ1) is 16.6. The van der Waals surface area contributed by atoms with Crippen molar-refractivity contribution in [2.45, 2.75) is 19.8 Å². The molecule has 24 heavy (non-hydrogen) atoms. The molecule has 0 unspecified atom stereocenters. The molecule has 0 aliphatic rings. The minimum absolute atomic E-state index is 0.143. The van der Waals surface area contributed by atoms with E-state index in [9.17, 15) is 8.42 Å². The van der Waals surface area contributed by atoms with E-state index in [2.05, 4.69) is 14.7 Å². The Labute approximate surface area is 141 Å². The molecule has 2 aromatic heterocycles. The molecule has 0 saturated heterocycles. The van der Waals surface area contributed by atoms with Crippen LogP contribution < -0.4 is 4.72 Å². The molecular weight excluding hydrogens is 324 g/mol. The van der Waals surface area contributed by atoms with Crippen LogP contribution in [0.2, 0.25) is 0 Å². The van der Waals surface area contributed by atoms with Gasteiger partial charge in [0.05, 0.1) is 5.75 Å². The summed E-state index contributed by atoms with van der Waals surface area (Å²) in [6, 6.07) is 13.6. The topological polar surface area (TPSA) is 76.9 Å². The molecule has 0 aliphatic heterocycles. The van der Waals surface area contributed by atoms with Gasteiger partial charge >= 0.3 is 0 Å². The average molecular weight is 344 g/mol. The highest BCUT2D eigenvalue weighted by atomic mass is 32.2. The van der Waals surface area contributed by atoms with Gasteiger partial charge in [-0.25, -0.2) is 23.1 Å². The van der Waals surface area contributed by atoms with Gasteiger partial charge in [-0.3, -0.25) is 4.57 Å². The number of aromatic nitrogens is 3. The number of sulfonamides is 1. The SMILES string of the molecule is CCCS(=O)(=O)NCCc1nc2cccnc2n1-c1ccccc1. The number of imidazole rings is 1. The molecule has 0 fully saturated rings. The maximum atomic E-state index is 11.8. The summed E-state index contributed by atoms with van der Waals surface area (Å²) in [7, 11) is -3.21. The van der Waals surface area contributed by atoms with Crippen LogP contribution in [-0.4, -0.2) is 35.3 Å². The smallest absolute Gasteiger partial charge is 0.211 e. The van der Waals surface area contributed by atoms with E-state index in [1.807, 2.05) is 54.0 Å². The normalized spacial score (nSPS) is 11.9. The lowest BCUT2D eigenvalue weighted by Crippen LogP contribution is -2.28. The van der Waals surface area contributed by atoms with E-state index in [1.165, 1.54) is 0 Å². The van der Waals surface area contributed by atoms with E-state index >= 15 is 0 Å². The van der Waals surface area contributed by atoms with Crippen LogP contribution in [0.15, 0.2) is 48.7 Å². The lowest BCUT2D eigenvalue weighted by molar-refractivity contribution is 0.579. The van der Waals surface area contributed by atoms with E-state index in [0.717, 1.165) is 22.7 Å². The van der Waals surface area contributed by atoms with Crippen LogP contribution in [-0.2, 0) is 16.4 Å². The number of hydrogen-bond donors (Lipinski definition) is 1. The van der Waals surface area contributed by atoms with Crippen LogP contribution in [0.4, 0.5) is 0 Å². The van der Waals surface area contributed by atoms with Crippen LogP contribution in [0.25, 0.3) is 16.9 Å². The summed E-state index contributed by atoms with van der Waals surface area (Å²) in [5.74, 6) is 0.929. The first-order valence-electron chi connectivity index (χ1n) is 7.96. The maximum Gasteiger partial charge on any atom is 0.211 e. The Hall–Kier alpha value is -2.25. The zero-order valence-electron chi connectivity index (χ0n) is 13.5. The maximum absolute atomic E-state index is 11.8. The molecular formula is C17H20N4O2S. The third kappa shape index (κ3) is 3.63. The van der Waals surface area contributed by atoms with Crippen LogP contribution in [0.5, 0.6) is 0 Å². The van der Waals surface area contributed by atoms with E-state index in [0.29, 0.717) is 19.4 Å². The summed E-state index contributed by atoms with van der Waals surface area (Å²) >= 11 is 0. The largest absolute Gasteiger partial charge is 0.281 e. The molecule has 0 spiro atoms. The summed E-state index contributed by atoms with van der Waals surface area (Å²) in [5, 5.41) is 0. The Kier molecular flexibility index (Phi) is 4.92. The molecule has 0 saturated carbocycles. The lowest BCUT2D eigenvalue weighted by atomic mass is 10.3. The first-order chi connectivity index (χ1) is 11.6. The van der Waals surface area contributed by atoms with Crippen LogP contribution in [0.3, 0.4) is 0 Å². The number of benzene rings is 1. The Morgan fingerprint density at radius 1 is 1.12 bits per heavy atom. The van der Waals surface area contributed by atoms with Crippen molar-refractivity contribution in [3.63, 3.8) is 0 Å². The molecule has 6 nitrogen and oxygen atoms in total. The van der Waals surface area contributed by atoms with Crippen LogP contribution >= 0.6 is 0 Å². The highest BCUT2D eigenvalue weighted by molar-refractivity contribution is 7.89. The van der Waals surface area contributed by atoms with Crippen molar-refractivity contribution in [1.82, 2.24) is 19.3 Å². The zero-order valence-corrected chi connectivity index (χ0v) is 14.3. The van der Waals surface area contributed by atoms with Crippen molar-refractivity contribution in [2.75, 3.05) is 12.3 Å². The second-order valence-corrected chi connectivity index (χ2v) is 7.43. The third-order valence-corrected chi connectivity index (χ3v) is 5.23. The van der Waals surface area contributed by atoms with Crippen molar-refractivity contribution in [3.05, 3.63) is 54.5 Å². The van der Waals surface area contributed by atoms with Crippen molar-refractivity contribution < 1.29 is 8.42 Å². The number of nitrogens with zero attached hydrogens (tertiary/aromatic N) is 3. The van der Waals surface area contributed by atoms with Gasteiger partial charge in [-0.05, 0) is 30.7 Å². The van der Waals surface area contributed by atoms with Gasteiger partial charge in [0.1, 0.15) is 11.3 Å². The number of para-hydroxylation sites is 1. The third-order valence-electron chi connectivity index (χ3n) is 3.64. The summed E-state index contributed by atoms with van der Waals surface area (Å²) < 4.78 is 28.2. The predicted octanol–water partition coefficient (Wildman–Crippen LogP) is 2.29. The number of fused-ring (bicyclic) bond motifs is 1. The number of hydrogen-bond acceptors (Lipinski definition) is 4. The molecule has 1 aromatic carbocycles. The summed E-state index contributed by atoms with van der Waals surface area (Å²) in [5.41, 5.74) is 2.54. The van der Waals surface area contributed by atoms with Gasteiger partial charge in [-0.1, -0.05) is 25.1 Å². The Morgan fingerprint density at radius 3 is 2.67 bits per heavy atom.